The second-order valence-corrected chi connectivity index (χ2v) is 2.51. The Bertz CT molecular complexity index is 128. The summed E-state index contributed by atoms with van der Waals surface area (Å²) in [6.07, 6.45) is 1.14. The molecule has 0 spiro atoms. The number of hydrogen-bond acceptors (Lipinski definition) is 2. The van der Waals surface area contributed by atoms with E-state index in [1.807, 2.05) is 0 Å². The van der Waals surface area contributed by atoms with E-state index < -0.39 is 0 Å². The van der Waals surface area contributed by atoms with Crippen LogP contribution < -0.4 is 0 Å². The maximum atomic E-state index is 10.3. The Hall–Kier alpha value is -0.271. The zero-order valence-corrected chi connectivity index (χ0v) is 6.54. The molecule has 0 saturated heterocycles. The van der Waals surface area contributed by atoms with Crippen LogP contribution in [0.3, 0.4) is 0 Å². The van der Waals surface area contributed by atoms with Crippen molar-refractivity contribution in [2.24, 2.45) is 0 Å². The monoisotopic (exact) mass is 290 g/mol. The molecule has 8 heavy (non-hydrogen) atoms. The SMILES string of the molecule is C=CC(=O)C[C](=O)[Ir+2]. The van der Waals surface area contributed by atoms with E-state index in [9.17, 15) is 9.59 Å². The molecule has 2 nitrogen and oxygen atoms in total. The van der Waals surface area contributed by atoms with Gasteiger partial charge in [0.1, 0.15) is 0 Å². The molecule has 0 aliphatic rings. The van der Waals surface area contributed by atoms with Crippen LogP contribution in [0.25, 0.3) is 0 Å². The van der Waals surface area contributed by atoms with Gasteiger partial charge in [0.05, 0.1) is 0 Å². The maximum absolute atomic E-state index is 10.3. The van der Waals surface area contributed by atoms with Crippen molar-refractivity contribution in [1.82, 2.24) is 0 Å². The molecule has 44 valence electrons. The molecule has 0 aromatic carbocycles. The quantitative estimate of drug-likeness (QED) is 0.550. The first-order valence-corrected chi connectivity index (χ1v) is 3.18. The first-order chi connectivity index (χ1) is 3.66. The summed E-state index contributed by atoms with van der Waals surface area (Å²) in [5, 5.41) is 0. The summed E-state index contributed by atoms with van der Waals surface area (Å²) in [7, 11) is 0. The number of allylic oxidation sites excluding steroid dienone is 1. The summed E-state index contributed by atoms with van der Waals surface area (Å²) in [6, 6.07) is 0. The van der Waals surface area contributed by atoms with Crippen molar-refractivity contribution in [1.29, 1.82) is 0 Å². The summed E-state index contributed by atoms with van der Waals surface area (Å²) in [4.78, 5) is 20.4. The van der Waals surface area contributed by atoms with Crippen LogP contribution in [-0.2, 0) is 28.5 Å². The third kappa shape index (κ3) is 3.90. The number of rotatable bonds is 3. The van der Waals surface area contributed by atoms with E-state index in [2.05, 4.69) is 6.58 Å². The van der Waals surface area contributed by atoms with Crippen LogP contribution in [-0.4, -0.2) is 10.1 Å². The topological polar surface area (TPSA) is 34.1 Å². The standard InChI is InChI=1S/C5H5O2.Ir/c1-2-5(7)3-4-6;/h2H,1,3H2;/q;+2. The molecule has 0 N–H and O–H groups in total. The average molecular weight is 289 g/mol. The Balaban J connectivity index is 3.55. The van der Waals surface area contributed by atoms with Gasteiger partial charge in [-0.3, -0.25) is 0 Å². The molecule has 0 heterocycles. The van der Waals surface area contributed by atoms with Crippen molar-refractivity contribution in [3.8, 4) is 0 Å². The van der Waals surface area contributed by atoms with E-state index >= 15 is 0 Å². The molecule has 0 bridgehead atoms. The van der Waals surface area contributed by atoms with Crippen LogP contribution in [0.5, 0.6) is 0 Å². The zero-order valence-electron chi connectivity index (χ0n) is 4.14. The van der Waals surface area contributed by atoms with Crippen molar-refractivity contribution >= 4 is 10.1 Å². The fraction of sp³-hybridized carbons (Fsp3) is 0.200. The average Bonchev–Trinajstić information content (AvgIpc) is 1.65. The molecule has 0 saturated carbocycles. The van der Waals surface area contributed by atoms with Gasteiger partial charge in [-0.2, -0.15) is 0 Å². The molecule has 0 fully saturated rings. The molecule has 0 atom stereocenters. The van der Waals surface area contributed by atoms with E-state index in [0.29, 0.717) is 0 Å². The van der Waals surface area contributed by atoms with Gasteiger partial charge < -0.3 is 0 Å². The number of ketones is 1. The van der Waals surface area contributed by atoms with Gasteiger partial charge in [0.15, 0.2) is 0 Å². The van der Waals surface area contributed by atoms with E-state index in [0.717, 1.165) is 6.08 Å². The molecule has 0 amide bonds. The van der Waals surface area contributed by atoms with Gasteiger partial charge in [-0.25, -0.2) is 0 Å². The van der Waals surface area contributed by atoms with Crippen LogP contribution in [0.4, 0.5) is 0 Å². The predicted molar refractivity (Wildman–Crippen MR) is 24.8 cm³/mol. The molecule has 0 radical (unpaired) electrons. The third-order valence-corrected chi connectivity index (χ3v) is 0.956. The predicted octanol–water partition coefficient (Wildman–Crippen LogP) is 0.205. The number of hydrogen-bond donors (Lipinski definition) is 0. The van der Waals surface area contributed by atoms with Crippen molar-refractivity contribution in [3.05, 3.63) is 12.7 Å². The number of carbonyl (C=O) groups excluding carboxylic acids is 2. The van der Waals surface area contributed by atoms with E-state index in [1.54, 1.807) is 0 Å². The molecule has 0 aromatic heterocycles. The van der Waals surface area contributed by atoms with Crippen LogP contribution >= 0.6 is 0 Å². The molecule has 0 aliphatic heterocycles. The van der Waals surface area contributed by atoms with Gasteiger partial charge in [-0.05, 0) is 0 Å². The molecular formula is C5H5IrO2+2. The Morgan fingerprint density at radius 3 is 2.25 bits per heavy atom. The van der Waals surface area contributed by atoms with Crippen LogP contribution in [0, 0.1) is 0 Å². The molecule has 0 rings (SSSR count). The normalized spacial score (nSPS) is 8.12. The fourth-order valence-corrected chi connectivity index (χ4v) is 0.619. The minimum atomic E-state index is -0.211. The fourth-order valence-electron chi connectivity index (χ4n) is 0.201. The van der Waals surface area contributed by atoms with Gasteiger partial charge in [0.2, 0.25) is 0 Å². The summed E-state index contributed by atoms with van der Waals surface area (Å²) < 4.78 is -0.116. The third-order valence-electron chi connectivity index (χ3n) is 0.533. The molecule has 0 unspecified atom stereocenters. The minimum absolute atomic E-state index is 0.0104. The van der Waals surface area contributed by atoms with Crippen LogP contribution in [0.2, 0.25) is 0 Å². The Morgan fingerprint density at radius 2 is 2.12 bits per heavy atom. The van der Waals surface area contributed by atoms with Crippen molar-refractivity contribution in [2.45, 2.75) is 6.42 Å². The zero-order chi connectivity index (χ0) is 6.57. The molecule has 0 aromatic rings. The summed E-state index contributed by atoms with van der Waals surface area (Å²) in [6.45, 7) is 3.21. The van der Waals surface area contributed by atoms with Gasteiger partial charge in [-0.1, -0.05) is 0 Å². The molecule has 0 aliphatic carbocycles. The van der Waals surface area contributed by atoms with Crippen LogP contribution in [0.15, 0.2) is 12.7 Å². The first kappa shape index (κ1) is 7.73. The van der Waals surface area contributed by atoms with Gasteiger partial charge in [0, 0.05) is 0 Å². The summed E-state index contributed by atoms with van der Waals surface area (Å²) in [5.41, 5.74) is 0. The molecule has 3 heteroatoms. The summed E-state index contributed by atoms with van der Waals surface area (Å²) in [5.74, 6) is -0.211. The van der Waals surface area contributed by atoms with Gasteiger partial charge in [0.25, 0.3) is 0 Å². The van der Waals surface area contributed by atoms with Crippen LogP contribution in [0.1, 0.15) is 6.42 Å². The summed E-state index contributed by atoms with van der Waals surface area (Å²) >= 11 is 1.38. The van der Waals surface area contributed by atoms with Crippen molar-refractivity contribution in [2.75, 3.05) is 0 Å². The van der Waals surface area contributed by atoms with Crippen molar-refractivity contribution < 1.29 is 28.5 Å². The van der Waals surface area contributed by atoms with E-state index in [-0.39, 0.29) is 16.5 Å². The Kier molecular flexibility index (Phi) is 3.57. The first-order valence-electron chi connectivity index (χ1n) is 1.98. The van der Waals surface area contributed by atoms with Crippen molar-refractivity contribution in [3.63, 3.8) is 0 Å². The van der Waals surface area contributed by atoms with E-state index in [4.69, 9.17) is 0 Å². The second kappa shape index (κ2) is 3.70. The molecular weight excluding hydrogens is 284 g/mol. The van der Waals surface area contributed by atoms with E-state index in [1.165, 1.54) is 18.9 Å². The number of carbonyl (C=O) groups is 2. The van der Waals surface area contributed by atoms with Gasteiger partial charge >= 0.3 is 57.6 Å². The second-order valence-electron chi connectivity index (χ2n) is 1.18. The Labute approximate surface area is 58.1 Å². The van der Waals surface area contributed by atoms with Gasteiger partial charge in [-0.15, -0.1) is 0 Å². The Morgan fingerprint density at radius 1 is 1.62 bits per heavy atom.